The predicted octanol–water partition coefficient (Wildman–Crippen LogP) is 4.19. The van der Waals surface area contributed by atoms with Gasteiger partial charge in [-0.25, -0.2) is 4.79 Å². The van der Waals surface area contributed by atoms with Crippen LogP contribution in [0.3, 0.4) is 0 Å². The maximum absolute atomic E-state index is 12.3. The molecule has 0 heterocycles. The molecule has 0 aromatic heterocycles. The van der Waals surface area contributed by atoms with Crippen LogP contribution >= 0.6 is 0 Å². The van der Waals surface area contributed by atoms with Gasteiger partial charge in [0.2, 0.25) is 0 Å². The van der Waals surface area contributed by atoms with Crippen molar-refractivity contribution in [3.05, 3.63) is 69.8 Å². The number of unbranched alkanes of at least 4 members (excludes halogenated alkanes) is 2. The molecule has 0 aliphatic heterocycles. The largest absolute Gasteiger partial charge is 0.462 e. The highest BCUT2D eigenvalue weighted by Gasteiger charge is 2.16. The fourth-order valence-corrected chi connectivity index (χ4v) is 2.29. The second kappa shape index (κ2) is 9.31. The van der Waals surface area contributed by atoms with Gasteiger partial charge in [0.1, 0.15) is 0 Å². The molecule has 0 aliphatic rings. The van der Waals surface area contributed by atoms with Gasteiger partial charge in [0.15, 0.2) is 0 Å². The van der Waals surface area contributed by atoms with Crippen LogP contribution in [0, 0.1) is 10.1 Å². The number of benzene rings is 2. The van der Waals surface area contributed by atoms with Crippen LogP contribution in [-0.4, -0.2) is 23.4 Å². The second-order valence-electron chi connectivity index (χ2n) is 5.65. The summed E-state index contributed by atoms with van der Waals surface area (Å²) in [7, 11) is 0. The number of ether oxygens (including phenoxy) is 1. The molecule has 2 aromatic rings. The third kappa shape index (κ3) is 5.14. The van der Waals surface area contributed by atoms with Gasteiger partial charge in [-0.3, -0.25) is 14.9 Å². The fourth-order valence-electron chi connectivity index (χ4n) is 2.29. The Bertz CT molecular complexity index is 787. The lowest BCUT2D eigenvalue weighted by Crippen LogP contribution is -2.16. The molecular formula is C19H20N2O5. The maximum Gasteiger partial charge on any atom is 0.340 e. The van der Waals surface area contributed by atoms with E-state index in [0.717, 1.165) is 19.3 Å². The zero-order chi connectivity index (χ0) is 18.9. The molecular weight excluding hydrogens is 336 g/mol. The van der Waals surface area contributed by atoms with Crippen LogP contribution in [0.15, 0.2) is 48.5 Å². The van der Waals surface area contributed by atoms with Crippen LogP contribution in [0.2, 0.25) is 0 Å². The number of carbonyl (C=O) groups is 2. The molecule has 136 valence electrons. The number of hydrogen-bond acceptors (Lipinski definition) is 5. The summed E-state index contributed by atoms with van der Waals surface area (Å²) < 4.78 is 5.23. The molecule has 7 nitrogen and oxygen atoms in total. The number of anilines is 1. The van der Waals surface area contributed by atoms with E-state index in [-0.39, 0.29) is 16.8 Å². The molecule has 0 bridgehead atoms. The first-order valence-electron chi connectivity index (χ1n) is 8.35. The van der Waals surface area contributed by atoms with E-state index in [1.807, 2.05) is 0 Å². The van der Waals surface area contributed by atoms with Gasteiger partial charge in [-0.1, -0.05) is 31.9 Å². The van der Waals surface area contributed by atoms with E-state index >= 15 is 0 Å². The second-order valence-corrected chi connectivity index (χ2v) is 5.65. The van der Waals surface area contributed by atoms with E-state index in [1.54, 1.807) is 24.3 Å². The van der Waals surface area contributed by atoms with Crippen molar-refractivity contribution in [1.82, 2.24) is 0 Å². The van der Waals surface area contributed by atoms with Crippen molar-refractivity contribution in [3.63, 3.8) is 0 Å². The van der Waals surface area contributed by atoms with Gasteiger partial charge in [0.25, 0.3) is 11.6 Å². The number of para-hydroxylation sites is 1. The van der Waals surface area contributed by atoms with Crippen molar-refractivity contribution in [1.29, 1.82) is 0 Å². The van der Waals surface area contributed by atoms with Crippen LogP contribution < -0.4 is 5.32 Å². The zero-order valence-corrected chi connectivity index (χ0v) is 14.4. The number of amides is 1. The molecule has 2 aromatic carbocycles. The summed E-state index contributed by atoms with van der Waals surface area (Å²) >= 11 is 0. The van der Waals surface area contributed by atoms with E-state index in [2.05, 4.69) is 12.2 Å². The number of rotatable bonds is 8. The smallest absolute Gasteiger partial charge is 0.340 e. The van der Waals surface area contributed by atoms with Crippen LogP contribution in [0.25, 0.3) is 0 Å². The van der Waals surface area contributed by atoms with Crippen LogP contribution in [-0.2, 0) is 4.74 Å². The van der Waals surface area contributed by atoms with Gasteiger partial charge in [-0.15, -0.1) is 0 Å². The van der Waals surface area contributed by atoms with E-state index in [0.29, 0.717) is 12.3 Å². The first-order chi connectivity index (χ1) is 12.5. The van der Waals surface area contributed by atoms with Crippen molar-refractivity contribution in [2.24, 2.45) is 0 Å². The van der Waals surface area contributed by atoms with E-state index < -0.39 is 16.8 Å². The summed E-state index contributed by atoms with van der Waals surface area (Å²) in [5.74, 6) is -0.966. The number of nitrogens with zero attached hydrogens (tertiary/aromatic N) is 1. The molecule has 7 heteroatoms. The highest BCUT2D eigenvalue weighted by atomic mass is 16.6. The lowest BCUT2D eigenvalue weighted by Gasteiger charge is -2.11. The maximum atomic E-state index is 12.3. The van der Waals surface area contributed by atoms with E-state index in [4.69, 9.17) is 4.74 Å². The quantitative estimate of drug-likeness (QED) is 0.331. The third-order valence-corrected chi connectivity index (χ3v) is 3.72. The minimum Gasteiger partial charge on any atom is -0.462 e. The van der Waals surface area contributed by atoms with Gasteiger partial charge < -0.3 is 10.1 Å². The van der Waals surface area contributed by atoms with E-state index in [1.165, 1.54) is 24.3 Å². The molecule has 0 saturated carbocycles. The Morgan fingerprint density at radius 2 is 1.77 bits per heavy atom. The van der Waals surface area contributed by atoms with Gasteiger partial charge in [0, 0.05) is 17.7 Å². The first-order valence-corrected chi connectivity index (χ1v) is 8.35. The van der Waals surface area contributed by atoms with Crippen molar-refractivity contribution in [2.75, 3.05) is 11.9 Å². The van der Waals surface area contributed by atoms with Crippen molar-refractivity contribution in [3.8, 4) is 0 Å². The number of esters is 1. The zero-order valence-electron chi connectivity index (χ0n) is 14.4. The highest BCUT2D eigenvalue weighted by molar-refractivity contribution is 6.08. The summed E-state index contributed by atoms with van der Waals surface area (Å²) in [5, 5.41) is 13.3. The monoisotopic (exact) mass is 356 g/mol. The topological polar surface area (TPSA) is 98.5 Å². The molecule has 2 rings (SSSR count). The van der Waals surface area contributed by atoms with Gasteiger partial charge in [0.05, 0.1) is 22.8 Å². The van der Waals surface area contributed by atoms with Crippen molar-refractivity contribution >= 4 is 23.3 Å². The van der Waals surface area contributed by atoms with Crippen LogP contribution in [0.1, 0.15) is 46.9 Å². The number of hydrogen-bond donors (Lipinski definition) is 1. The molecule has 0 atom stereocenters. The number of nitro benzene ring substituents is 1. The molecule has 1 amide bonds. The molecule has 0 aliphatic carbocycles. The summed E-state index contributed by atoms with van der Waals surface area (Å²) in [4.78, 5) is 34.7. The average Bonchev–Trinajstić information content (AvgIpc) is 2.65. The molecule has 0 fully saturated rings. The Balaban J connectivity index is 2.08. The Labute approximate surface area is 151 Å². The lowest BCUT2D eigenvalue weighted by atomic mass is 10.1. The van der Waals surface area contributed by atoms with Gasteiger partial charge in [-0.2, -0.15) is 0 Å². The Hall–Kier alpha value is -3.22. The molecule has 0 radical (unpaired) electrons. The van der Waals surface area contributed by atoms with Crippen LogP contribution in [0.5, 0.6) is 0 Å². The van der Waals surface area contributed by atoms with Crippen molar-refractivity contribution < 1.29 is 19.2 Å². The molecule has 0 unspecified atom stereocenters. The fraction of sp³-hybridized carbons (Fsp3) is 0.263. The Morgan fingerprint density at radius 3 is 2.42 bits per heavy atom. The number of nitrogens with one attached hydrogen (secondary N) is 1. The van der Waals surface area contributed by atoms with Crippen LogP contribution in [0.4, 0.5) is 11.4 Å². The summed E-state index contributed by atoms with van der Waals surface area (Å²) in [6.07, 6.45) is 2.80. The van der Waals surface area contributed by atoms with E-state index in [9.17, 15) is 19.7 Å². The number of carbonyl (C=O) groups excluding carboxylic acids is 2. The minimum absolute atomic E-state index is 0.0994. The highest BCUT2D eigenvalue weighted by Crippen LogP contribution is 2.19. The Kier molecular flexibility index (Phi) is 6.84. The molecule has 26 heavy (non-hydrogen) atoms. The SMILES string of the molecule is CCCCCOC(=O)c1ccccc1NC(=O)c1ccc([N+](=O)[O-])cc1. The Morgan fingerprint density at radius 1 is 1.08 bits per heavy atom. The van der Waals surface area contributed by atoms with Gasteiger partial charge in [-0.05, 0) is 30.7 Å². The average molecular weight is 356 g/mol. The van der Waals surface area contributed by atoms with Gasteiger partial charge >= 0.3 is 5.97 Å². The lowest BCUT2D eigenvalue weighted by molar-refractivity contribution is -0.384. The molecule has 0 saturated heterocycles. The first kappa shape index (κ1) is 19.1. The predicted molar refractivity (Wildman–Crippen MR) is 97.3 cm³/mol. The summed E-state index contributed by atoms with van der Waals surface area (Å²) in [6.45, 7) is 2.39. The number of nitro groups is 1. The normalized spacial score (nSPS) is 10.2. The summed E-state index contributed by atoms with van der Waals surface area (Å²) in [5.41, 5.74) is 0.745. The standard InChI is InChI=1S/C19H20N2O5/c1-2-3-6-13-26-19(23)16-7-4-5-8-17(16)20-18(22)14-9-11-15(12-10-14)21(24)25/h4-5,7-12H,2-3,6,13H2,1H3,(H,20,22). The van der Waals surface area contributed by atoms with Crippen molar-refractivity contribution in [2.45, 2.75) is 26.2 Å². The minimum atomic E-state index is -0.536. The number of non-ortho nitro benzene ring substituents is 1. The summed E-state index contributed by atoms with van der Waals surface area (Å²) in [6, 6.07) is 11.8. The molecule has 1 N–H and O–H groups in total. The third-order valence-electron chi connectivity index (χ3n) is 3.72. The molecule has 0 spiro atoms.